The normalized spacial score (nSPS) is 15.1. The van der Waals surface area contributed by atoms with E-state index < -0.39 is 0 Å². The Morgan fingerprint density at radius 1 is 1.08 bits per heavy atom. The largest absolute Gasteiger partial charge is 0.328 e. The lowest BCUT2D eigenvalue weighted by Gasteiger charge is -2.33. The van der Waals surface area contributed by atoms with E-state index >= 15 is 0 Å². The first kappa shape index (κ1) is 14.4. The van der Waals surface area contributed by atoms with Crippen LogP contribution in [0.1, 0.15) is 0 Å². The van der Waals surface area contributed by atoms with E-state index in [-0.39, 0.29) is 12.5 Å². The number of carbonyl (C=O) groups excluding carboxylic acids is 1. The molecule has 0 N–H and O–H groups in total. The summed E-state index contributed by atoms with van der Waals surface area (Å²) in [6.07, 6.45) is 3.53. The average molecular weight is 324 g/mol. The Labute approximate surface area is 138 Å². The van der Waals surface area contributed by atoms with E-state index in [1.165, 1.54) is 0 Å². The van der Waals surface area contributed by atoms with Gasteiger partial charge >= 0.3 is 0 Å². The third-order valence-electron chi connectivity index (χ3n) is 3.96. The SMILES string of the molecule is Cn1cc(N2CCN(c3nnnn3-c3ccccc3)CC2=O)cn1. The Balaban J connectivity index is 1.56. The molecule has 9 heteroatoms. The third-order valence-corrected chi connectivity index (χ3v) is 3.96. The molecule has 1 saturated heterocycles. The van der Waals surface area contributed by atoms with Crippen LogP contribution in [0, 0.1) is 0 Å². The molecular formula is C15H16N8O. The number of nitrogens with zero attached hydrogens (tertiary/aromatic N) is 8. The average Bonchev–Trinajstić information content (AvgIpc) is 3.24. The second kappa shape index (κ2) is 5.76. The Bertz CT molecular complexity index is 855. The first-order chi connectivity index (χ1) is 11.7. The fourth-order valence-electron chi connectivity index (χ4n) is 2.78. The van der Waals surface area contributed by atoms with Crippen LogP contribution in [0.3, 0.4) is 0 Å². The number of aromatic nitrogens is 6. The van der Waals surface area contributed by atoms with Gasteiger partial charge in [0.15, 0.2) is 0 Å². The quantitative estimate of drug-likeness (QED) is 0.686. The molecule has 24 heavy (non-hydrogen) atoms. The van der Waals surface area contributed by atoms with Gasteiger partial charge in [-0.05, 0) is 22.6 Å². The van der Waals surface area contributed by atoms with Crippen molar-refractivity contribution >= 4 is 17.5 Å². The fraction of sp³-hybridized carbons (Fsp3) is 0.267. The maximum atomic E-state index is 12.5. The standard InChI is InChI=1S/C15H16N8O/c1-20-10-13(9-16-20)22-8-7-21(11-14(22)24)15-17-18-19-23(15)12-5-3-2-4-6-12/h2-6,9-10H,7-8,11H2,1H3. The van der Waals surface area contributed by atoms with Crippen molar-refractivity contribution in [1.29, 1.82) is 0 Å². The molecule has 0 spiro atoms. The highest BCUT2D eigenvalue weighted by atomic mass is 16.2. The van der Waals surface area contributed by atoms with Gasteiger partial charge in [-0.3, -0.25) is 9.48 Å². The van der Waals surface area contributed by atoms with E-state index in [0.717, 1.165) is 11.4 Å². The maximum Gasteiger partial charge on any atom is 0.250 e. The summed E-state index contributed by atoms with van der Waals surface area (Å²) in [6.45, 7) is 1.43. The zero-order valence-electron chi connectivity index (χ0n) is 13.1. The number of anilines is 2. The molecule has 1 aliphatic rings. The molecule has 0 atom stereocenters. The summed E-state index contributed by atoms with van der Waals surface area (Å²) in [5.41, 5.74) is 1.67. The first-order valence-electron chi connectivity index (χ1n) is 7.60. The minimum atomic E-state index is -0.00291. The highest BCUT2D eigenvalue weighted by Crippen LogP contribution is 2.20. The van der Waals surface area contributed by atoms with E-state index in [0.29, 0.717) is 19.0 Å². The molecule has 1 aromatic carbocycles. The van der Waals surface area contributed by atoms with Gasteiger partial charge in [-0.25, -0.2) is 0 Å². The number of tetrazole rings is 1. The second-order valence-corrected chi connectivity index (χ2v) is 5.57. The maximum absolute atomic E-state index is 12.5. The summed E-state index contributed by atoms with van der Waals surface area (Å²) in [6, 6.07) is 9.63. The van der Waals surface area contributed by atoms with Gasteiger partial charge in [-0.15, -0.1) is 0 Å². The number of amides is 1. The molecule has 0 aliphatic carbocycles. The van der Waals surface area contributed by atoms with Crippen molar-refractivity contribution in [3.8, 4) is 5.69 Å². The predicted molar refractivity (Wildman–Crippen MR) is 86.9 cm³/mol. The number of rotatable bonds is 3. The summed E-state index contributed by atoms with van der Waals surface area (Å²) in [5, 5.41) is 16.0. The van der Waals surface area contributed by atoms with Crippen molar-refractivity contribution in [1.82, 2.24) is 30.0 Å². The Morgan fingerprint density at radius 2 is 1.92 bits per heavy atom. The van der Waals surface area contributed by atoms with E-state index in [2.05, 4.69) is 20.6 Å². The Kier molecular flexibility index (Phi) is 3.45. The molecule has 2 aromatic heterocycles. The summed E-state index contributed by atoms with van der Waals surface area (Å²) in [5.74, 6) is 0.567. The number of carbonyl (C=O) groups is 1. The predicted octanol–water partition coefficient (Wildman–Crippen LogP) is 0.249. The highest BCUT2D eigenvalue weighted by molar-refractivity contribution is 5.97. The molecule has 9 nitrogen and oxygen atoms in total. The van der Waals surface area contributed by atoms with Gasteiger partial charge in [0.25, 0.3) is 5.95 Å². The van der Waals surface area contributed by atoms with Crippen molar-refractivity contribution in [3.05, 3.63) is 42.7 Å². The van der Waals surface area contributed by atoms with Crippen LogP contribution in [0.5, 0.6) is 0 Å². The smallest absolute Gasteiger partial charge is 0.250 e. The molecule has 1 amide bonds. The summed E-state index contributed by atoms with van der Waals surface area (Å²) in [7, 11) is 1.83. The molecule has 1 aliphatic heterocycles. The number of benzene rings is 1. The van der Waals surface area contributed by atoms with Crippen molar-refractivity contribution in [2.75, 3.05) is 29.4 Å². The number of hydrogen-bond acceptors (Lipinski definition) is 6. The molecule has 4 rings (SSSR count). The lowest BCUT2D eigenvalue weighted by atomic mass is 10.3. The summed E-state index contributed by atoms with van der Waals surface area (Å²) < 4.78 is 3.33. The highest BCUT2D eigenvalue weighted by Gasteiger charge is 2.29. The van der Waals surface area contributed by atoms with Crippen molar-refractivity contribution in [3.63, 3.8) is 0 Å². The van der Waals surface area contributed by atoms with Crippen molar-refractivity contribution < 1.29 is 4.79 Å². The van der Waals surface area contributed by atoms with E-state index in [4.69, 9.17) is 0 Å². The lowest BCUT2D eigenvalue weighted by molar-refractivity contribution is -0.117. The van der Waals surface area contributed by atoms with Crippen LogP contribution >= 0.6 is 0 Å². The third kappa shape index (κ3) is 2.49. The van der Waals surface area contributed by atoms with Crippen LogP contribution < -0.4 is 9.80 Å². The molecule has 0 unspecified atom stereocenters. The van der Waals surface area contributed by atoms with Gasteiger partial charge in [0, 0.05) is 26.3 Å². The van der Waals surface area contributed by atoms with Crippen LogP contribution in [0.4, 0.5) is 11.6 Å². The second-order valence-electron chi connectivity index (χ2n) is 5.57. The zero-order chi connectivity index (χ0) is 16.5. The van der Waals surface area contributed by atoms with Crippen LogP contribution in [0.15, 0.2) is 42.7 Å². The Hall–Kier alpha value is -3.23. The Morgan fingerprint density at radius 3 is 2.62 bits per heavy atom. The number of piperazine rings is 1. The molecule has 1 fully saturated rings. The fourth-order valence-corrected chi connectivity index (χ4v) is 2.78. The lowest BCUT2D eigenvalue weighted by Crippen LogP contribution is -2.51. The van der Waals surface area contributed by atoms with Crippen LogP contribution in [0.2, 0.25) is 0 Å². The van der Waals surface area contributed by atoms with Gasteiger partial charge in [0.1, 0.15) is 6.54 Å². The van der Waals surface area contributed by atoms with Gasteiger partial charge in [-0.2, -0.15) is 9.78 Å². The minimum Gasteiger partial charge on any atom is -0.328 e. The van der Waals surface area contributed by atoms with Gasteiger partial charge in [0.05, 0.1) is 17.6 Å². The first-order valence-corrected chi connectivity index (χ1v) is 7.60. The molecule has 3 heterocycles. The van der Waals surface area contributed by atoms with Crippen molar-refractivity contribution in [2.45, 2.75) is 0 Å². The number of para-hydroxylation sites is 1. The van der Waals surface area contributed by atoms with E-state index in [1.54, 1.807) is 20.5 Å². The molecule has 122 valence electrons. The van der Waals surface area contributed by atoms with E-state index in [9.17, 15) is 4.79 Å². The van der Waals surface area contributed by atoms with Crippen LogP contribution in [0.25, 0.3) is 5.69 Å². The molecule has 3 aromatic rings. The van der Waals surface area contributed by atoms with Gasteiger partial charge in [0.2, 0.25) is 5.91 Å². The minimum absolute atomic E-state index is 0.00291. The summed E-state index contributed by atoms with van der Waals surface area (Å²) in [4.78, 5) is 16.2. The monoisotopic (exact) mass is 324 g/mol. The zero-order valence-corrected chi connectivity index (χ0v) is 13.1. The molecular weight excluding hydrogens is 308 g/mol. The van der Waals surface area contributed by atoms with Crippen molar-refractivity contribution in [2.24, 2.45) is 7.05 Å². The number of aryl methyl sites for hydroxylation is 1. The van der Waals surface area contributed by atoms with Gasteiger partial charge < -0.3 is 9.80 Å². The molecule has 0 bridgehead atoms. The summed E-state index contributed by atoms with van der Waals surface area (Å²) >= 11 is 0. The molecule has 0 saturated carbocycles. The number of hydrogen-bond donors (Lipinski definition) is 0. The topological polar surface area (TPSA) is 85.0 Å². The van der Waals surface area contributed by atoms with Crippen LogP contribution in [-0.4, -0.2) is 55.5 Å². The van der Waals surface area contributed by atoms with E-state index in [1.807, 2.05) is 48.5 Å². The van der Waals surface area contributed by atoms with Crippen LogP contribution in [-0.2, 0) is 11.8 Å². The van der Waals surface area contributed by atoms with Gasteiger partial charge in [-0.1, -0.05) is 23.3 Å². The molecule has 0 radical (unpaired) electrons.